The van der Waals surface area contributed by atoms with Crippen LogP contribution in [-0.4, -0.2) is 8.42 Å². The molecule has 0 spiro atoms. The van der Waals surface area contributed by atoms with Gasteiger partial charge in [0.1, 0.15) is 4.90 Å². The predicted molar refractivity (Wildman–Crippen MR) is 76.3 cm³/mol. The lowest BCUT2D eigenvalue weighted by Gasteiger charge is -2.09. The number of hydrogen-bond acceptors (Lipinski definition) is 2. The third-order valence-corrected chi connectivity index (χ3v) is 4.50. The Morgan fingerprint density at radius 3 is 2.10 bits per heavy atom. The Bertz CT molecular complexity index is 748. The summed E-state index contributed by atoms with van der Waals surface area (Å²) < 4.78 is 66.2. The van der Waals surface area contributed by atoms with Gasteiger partial charge < -0.3 is 0 Å². The number of nitrogens with one attached hydrogen (secondary N) is 1. The Kier molecular flexibility index (Phi) is 4.23. The van der Waals surface area contributed by atoms with Gasteiger partial charge in [-0.25, -0.2) is 21.6 Å². The molecule has 0 bridgehead atoms. The zero-order valence-electron chi connectivity index (χ0n) is 9.70. The Morgan fingerprint density at radius 1 is 0.900 bits per heavy atom. The summed E-state index contributed by atoms with van der Waals surface area (Å²) in [6.45, 7) is 0. The highest BCUT2D eigenvalue weighted by Crippen LogP contribution is 2.22. The average Bonchev–Trinajstić information content (AvgIpc) is 2.38. The molecule has 3 nitrogen and oxygen atoms in total. The Hall–Kier alpha value is -1.29. The van der Waals surface area contributed by atoms with Gasteiger partial charge >= 0.3 is 0 Å². The second-order valence-corrected chi connectivity index (χ2v) is 6.68. The SMILES string of the molecule is O=S(=O)(Nc1ccc(I)cc1)c1ccc(F)c(F)c1F. The minimum Gasteiger partial charge on any atom is -0.280 e. The molecule has 0 fully saturated rings. The first-order valence-corrected chi connectivity index (χ1v) is 7.79. The minimum absolute atomic E-state index is 0.189. The first kappa shape index (κ1) is 15.1. The maximum atomic E-state index is 13.5. The fourth-order valence-corrected chi connectivity index (χ4v) is 2.93. The molecule has 0 saturated carbocycles. The van der Waals surface area contributed by atoms with Crippen molar-refractivity contribution < 1.29 is 21.6 Å². The first-order chi connectivity index (χ1) is 9.31. The minimum atomic E-state index is -4.33. The smallest absolute Gasteiger partial charge is 0.264 e. The molecule has 8 heteroatoms. The molecule has 0 saturated heterocycles. The van der Waals surface area contributed by atoms with Gasteiger partial charge in [0.05, 0.1) is 0 Å². The lowest BCUT2D eigenvalue weighted by atomic mass is 10.3. The van der Waals surface area contributed by atoms with Gasteiger partial charge in [-0.2, -0.15) is 0 Å². The summed E-state index contributed by atoms with van der Waals surface area (Å²) in [6.07, 6.45) is 0. The number of benzene rings is 2. The molecule has 0 radical (unpaired) electrons. The van der Waals surface area contributed by atoms with Crippen molar-refractivity contribution in [3.63, 3.8) is 0 Å². The van der Waals surface area contributed by atoms with Crippen LogP contribution in [0.3, 0.4) is 0 Å². The molecule has 2 aromatic rings. The second kappa shape index (κ2) is 5.60. The fourth-order valence-electron chi connectivity index (χ4n) is 1.44. The van der Waals surface area contributed by atoms with Crippen LogP contribution in [0.1, 0.15) is 0 Å². The summed E-state index contributed by atoms with van der Waals surface area (Å²) in [6, 6.07) is 7.44. The predicted octanol–water partition coefficient (Wildman–Crippen LogP) is 3.51. The number of sulfonamides is 1. The first-order valence-electron chi connectivity index (χ1n) is 5.23. The van der Waals surface area contributed by atoms with Gasteiger partial charge in [-0.05, 0) is 59.0 Å². The lowest BCUT2D eigenvalue weighted by molar-refractivity contribution is 0.432. The van der Waals surface area contributed by atoms with Crippen LogP contribution in [0.25, 0.3) is 0 Å². The molecule has 106 valence electrons. The van der Waals surface area contributed by atoms with E-state index in [-0.39, 0.29) is 5.69 Å². The van der Waals surface area contributed by atoms with Gasteiger partial charge in [-0.3, -0.25) is 4.72 Å². The van der Waals surface area contributed by atoms with E-state index in [9.17, 15) is 21.6 Å². The van der Waals surface area contributed by atoms with Crippen molar-refractivity contribution in [2.24, 2.45) is 0 Å². The molecule has 2 rings (SSSR count). The Morgan fingerprint density at radius 2 is 1.50 bits per heavy atom. The van der Waals surface area contributed by atoms with E-state index in [2.05, 4.69) is 4.72 Å². The van der Waals surface area contributed by atoms with Gasteiger partial charge in [-0.15, -0.1) is 0 Å². The van der Waals surface area contributed by atoms with Crippen LogP contribution in [0.15, 0.2) is 41.3 Å². The highest BCUT2D eigenvalue weighted by Gasteiger charge is 2.24. The molecule has 0 amide bonds. The summed E-state index contributed by atoms with van der Waals surface area (Å²) in [4.78, 5) is -0.949. The van der Waals surface area contributed by atoms with E-state index < -0.39 is 32.4 Å². The van der Waals surface area contributed by atoms with Crippen molar-refractivity contribution in [1.29, 1.82) is 0 Å². The van der Waals surface area contributed by atoms with Crippen molar-refractivity contribution in [2.45, 2.75) is 4.90 Å². The number of rotatable bonds is 3. The van der Waals surface area contributed by atoms with Crippen molar-refractivity contribution in [3.05, 3.63) is 57.4 Å². The zero-order chi connectivity index (χ0) is 14.9. The molecule has 0 unspecified atom stereocenters. The molecule has 0 atom stereocenters. The van der Waals surface area contributed by atoms with Gasteiger partial charge in [0.15, 0.2) is 17.5 Å². The molecule has 20 heavy (non-hydrogen) atoms. The van der Waals surface area contributed by atoms with E-state index in [0.717, 1.165) is 3.57 Å². The monoisotopic (exact) mass is 413 g/mol. The van der Waals surface area contributed by atoms with Gasteiger partial charge in [0, 0.05) is 9.26 Å². The van der Waals surface area contributed by atoms with E-state index >= 15 is 0 Å². The van der Waals surface area contributed by atoms with E-state index in [1.165, 1.54) is 12.1 Å². The molecule has 0 aliphatic carbocycles. The van der Waals surface area contributed by atoms with Crippen LogP contribution in [0, 0.1) is 21.0 Å². The summed E-state index contributed by atoms with van der Waals surface area (Å²) in [5.74, 6) is -5.02. The molecule has 0 heterocycles. The van der Waals surface area contributed by atoms with Crippen molar-refractivity contribution in [3.8, 4) is 0 Å². The molecule has 0 aliphatic heterocycles. The molecular weight excluding hydrogens is 406 g/mol. The fraction of sp³-hybridized carbons (Fsp3) is 0. The van der Waals surface area contributed by atoms with Crippen LogP contribution in [0.4, 0.5) is 18.9 Å². The van der Waals surface area contributed by atoms with Crippen molar-refractivity contribution >= 4 is 38.3 Å². The average molecular weight is 413 g/mol. The number of anilines is 1. The Labute approximate surface area is 127 Å². The van der Waals surface area contributed by atoms with Crippen LogP contribution < -0.4 is 4.72 Å². The highest BCUT2D eigenvalue weighted by atomic mass is 127. The summed E-state index contributed by atoms with van der Waals surface area (Å²) in [5.41, 5.74) is 0.189. The van der Waals surface area contributed by atoms with Crippen LogP contribution in [-0.2, 0) is 10.0 Å². The topological polar surface area (TPSA) is 46.2 Å². The van der Waals surface area contributed by atoms with E-state index in [1.54, 1.807) is 12.1 Å². The number of halogens is 4. The Balaban J connectivity index is 2.41. The van der Waals surface area contributed by atoms with Gasteiger partial charge in [0.25, 0.3) is 10.0 Å². The van der Waals surface area contributed by atoms with E-state index in [0.29, 0.717) is 12.1 Å². The maximum Gasteiger partial charge on any atom is 0.264 e. The molecular formula is C12H7F3INO2S. The van der Waals surface area contributed by atoms with E-state index in [4.69, 9.17) is 0 Å². The quantitative estimate of drug-likeness (QED) is 0.619. The normalized spacial score (nSPS) is 11.4. The summed E-state index contributed by atoms with van der Waals surface area (Å²) in [5, 5.41) is 0. The maximum absolute atomic E-state index is 13.5. The molecule has 0 aromatic heterocycles. The van der Waals surface area contributed by atoms with Crippen LogP contribution in [0.2, 0.25) is 0 Å². The largest absolute Gasteiger partial charge is 0.280 e. The van der Waals surface area contributed by atoms with Crippen molar-refractivity contribution in [2.75, 3.05) is 4.72 Å². The molecule has 0 aliphatic rings. The third-order valence-electron chi connectivity index (χ3n) is 2.39. The summed E-state index contributed by atoms with van der Waals surface area (Å²) >= 11 is 2.03. The zero-order valence-corrected chi connectivity index (χ0v) is 12.7. The molecule has 2 aromatic carbocycles. The van der Waals surface area contributed by atoms with Crippen molar-refractivity contribution in [1.82, 2.24) is 0 Å². The second-order valence-electron chi connectivity index (χ2n) is 3.79. The van der Waals surface area contributed by atoms with Gasteiger partial charge in [0.2, 0.25) is 0 Å². The third kappa shape index (κ3) is 3.06. The van der Waals surface area contributed by atoms with Crippen LogP contribution >= 0.6 is 22.6 Å². The van der Waals surface area contributed by atoms with E-state index in [1.807, 2.05) is 22.6 Å². The van der Waals surface area contributed by atoms with Gasteiger partial charge in [-0.1, -0.05) is 0 Å². The standard InChI is InChI=1S/C12H7F3INO2S/c13-9-5-6-10(12(15)11(9)14)20(18,19)17-8-3-1-7(16)2-4-8/h1-6,17H. The van der Waals surface area contributed by atoms with Crippen LogP contribution in [0.5, 0.6) is 0 Å². The molecule has 1 N–H and O–H groups in total. The summed E-state index contributed by atoms with van der Waals surface area (Å²) in [7, 11) is -4.33. The number of hydrogen-bond donors (Lipinski definition) is 1. The highest BCUT2D eigenvalue weighted by molar-refractivity contribution is 14.1. The lowest BCUT2D eigenvalue weighted by Crippen LogP contribution is -2.15.